The summed E-state index contributed by atoms with van der Waals surface area (Å²) in [6.45, 7) is 5.08. The summed E-state index contributed by atoms with van der Waals surface area (Å²) in [5.74, 6) is 0. The molecule has 0 bridgehead atoms. The van der Waals surface area contributed by atoms with E-state index in [0.717, 1.165) is 13.0 Å². The number of aryl methyl sites for hydroxylation is 2. The number of hydrogen-bond acceptors (Lipinski definition) is 5. The first-order chi connectivity index (χ1) is 9.95. The molecule has 0 saturated heterocycles. The minimum atomic E-state index is -3.60. The van der Waals surface area contributed by atoms with Crippen LogP contribution in [-0.4, -0.2) is 31.8 Å². The average Bonchev–Trinajstić information content (AvgIpc) is 2.98. The Hall–Kier alpha value is -1.38. The van der Waals surface area contributed by atoms with Crippen molar-refractivity contribution in [2.75, 3.05) is 18.3 Å². The van der Waals surface area contributed by atoms with E-state index in [1.54, 1.807) is 30.0 Å². The van der Waals surface area contributed by atoms with Gasteiger partial charge in [-0.05, 0) is 45.3 Å². The largest absolute Gasteiger partial charge is 0.320 e. The third-order valence-corrected chi connectivity index (χ3v) is 5.47. The molecule has 2 aromatic rings. The smallest absolute Gasteiger partial charge is 0.265 e. The summed E-state index contributed by atoms with van der Waals surface area (Å²) in [4.78, 5) is 0.276. The second-order valence-electron chi connectivity index (χ2n) is 4.80. The topological polar surface area (TPSA) is 76.0 Å². The molecule has 8 heteroatoms. The van der Waals surface area contributed by atoms with Gasteiger partial charge in [0, 0.05) is 11.9 Å². The highest BCUT2D eigenvalue weighted by Crippen LogP contribution is 2.23. The summed E-state index contributed by atoms with van der Waals surface area (Å²) in [7, 11) is -1.71. The van der Waals surface area contributed by atoms with Gasteiger partial charge >= 0.3 is 0 Å². The quantitative estimate of drug-likeness (QED) is 0.762. The minimum absolute atomic E-state index is 0.276. The fourth-order valence-corrected chi connectivity index (χ4v) is 4.35. The van der Waals surface area contributed by atoms with Crippen LogP contribution >= 0.6 is 11.3 Å². The van der Waals surface area contributed by atoms with Crippen molar-refractivity contribution in [3.63, 3.8) is 0 Å². The monoisotopic (exact) mass is 328 g/mol. The van der Waals surface area contributed by atoms with E-state index in [4.69, 9.17) is 0 Å². The van der Waals surface area contributed by atoms with Crippen molar-refractivity contribution in [1.82, 2.24) is 15.1 Å². The van der Waals surface area contributed by atoms with Gasteiger partial charge in [0.15, 0.2) is 0 Å². The highest BCUT2D eigenvalue weighted by atomic mass is 32.2. The van der Waals surface area contributed by atoms with E-state index < -0.39 is 10.0 Å². The third kappa shape index (κ3) is 3.63. The lowest BCUT2D eigenvalue weighted by Gasteiger charge is -2.07. The molecule has 0 amide bonds. The molecule has 2 rings (SSSR count). The summed E-state index contributed by atoms with van der Waals surface area (Å²) in [6, 6.07) is 1.74. The molecule has 2 N–H and O–H groups in total. The number of nitrogens with one attached hydrogen (secondary N) is 2. The Bertz CT molecular complexity index is 690. The Morgan fingerprint density at radius 2 is 2.14 bits per heavy atom. The molecule has 0 aliphatic heterocycles. The van der Waals surface area contributed by atoms with E-state index in [1.807, 2.05) is 12.4 Å². The second-order valence-corrected chi connectivity index (χ2v) is 7.20. The summed E-state index contributed by atoms with van der Waals surface area (Å²) < 4.78 is 29.4. The third-order valence-electron chi connectivity index (χ3n) is 3.15. The van der Waals surface area contributed by atoms with Crippen LogP contribution in [-0.2, 0) is 16.6 Å². The van der Waals surface area contributed by atoms with Crippen LogP contribution in [0, 0.1) is 13.8 Å². The van der Waals surface area contributed by atoms with E-state index in [1.165, 1.54) is 11.3 Å². The van der Waals surface area contributed by atoms with Crippen LogP contribution in [0.4, 0.5) is 5.69 Å². The number of hydrogen-bond donors (Lipinski definition) is 2. The Balaban J connectivity index is 2.26. The van der Waals surface area contributed by atoms with Crippen molar-refractivity contribution < 1.29 is 8.42 Å². The molecule has 0 spiro atoms. The SMILES string of the molecule is CNCCCn1nc(C)c(S(=O)(=O)Nc2ccsc2)c1C. The van der Waals surface area contributed by atoms with Crippen LogP contribution in [0.2, 0.25) is 0 Å². The van der Waals surface area contributed by atoms with Crippen molar-refractivity contribution in [3.05, 3.63) is 28.2 Å². The lowest BCUT2D eigenvalue weighted by molar-refractivity contribution is 0.546. The molecule has 0 saturated carbocycles. The van der Waals surface area contributed by atoms with Gasteiger partial charge in [-0.1, -0.05) is 0 Å². The normalized spacial score (nSPS) is 11.8. The highest BCUT2D eigenvalue weighted by Gasteiger charge is 2.24. The Morgan fingerprint density at radius 1 is 1.38 bits per heavy atom. The molecule has 0 aliphatic carbocycles. The molecule has 6 nitrogen and oxygen atoms in total. The molecule has 0 unspecified atom stereocenters. The molecule has 21 heavy (non-hydrogen) atoms. The first-order valence-electron chi connectivity index (χ1n) is 6.69. The Morgan fingerprint density at radius 3 is 2.76 bits per heavy atom. The molecular weight excluding hydrogens is 308 g/mol. The molecule has 0 radical (unpaired) electrons. The van der Waals surface area contributed by atoms with E-state index in [0.29, 0.717) is 23.6 Å². The lowest BCUT2D eigenvalue weighted by atomic mass is 10.4. The van der Waals surface area contributed by atoms with E-state index in [9.17, 15) is 8.42 Å². The lowest BCUT2D eigenvalue weighted by Crippen LogP contribution is -2.15. The van der Waals surface area contributed by atoms with E-state index >= 15 is 0 Å². The predicted octanol–water partition coefficient (Wildman–Crippen LogP) is 1.97. The van der Waals surface area contributed by atoms with Gasteiger partial charge in [-0.25, -0.2) is 8.42 Å². The molecular formula is C13H20N4O2S2. The molecule has 0 aromatic carbocycles. The van der Waals surface area contributed by atoms with Crippen molar-refractivity contribution in [3.8, 4) is 0 Å². The molecule has 2 aromatic heterocycles. The molecule has 0 atom stereocenters. The number of aromatic nitrogens is 2. The van der Waals surface area contributed by atoms with Crippen LogP contribution in [0.25, 0.3) is 0 Å². The molecule has 2 heterocycles. The highest BCUT2D eigenvalue weighted by molar-refractivity contribution is 7.92. The van der Waals surface area contributed by atoms with E-state index in [-0.39, 0.29) is 4.90 Å². The maximum absolute atomic E-state index is 12.5. The fraction of sp³-hybridized carbons (Fsp3) is 0.462. The summed E-state index contributed by atoms with van der Waals surface area (Å²) >= 11 is 1.45. The number of rotatable bonds is 7. The Labute approximate surface area is 129 Å². The number of thiophene rings is 1. The maximum Gasteiger partial charge on any atom is 0.265 e. The average molecular weight is 328 g/mol. The van der Waals surface area contributed by atoms with Crippen molar-refractivity contribution in [2.45, 2.75) is 31.7 Å². The van der Waals surface area contributed by atoms with Gasteiger partial charge in [0.2, 0.25) is 0 Å². The zero-order chi connectivity index (χ0) is 15.5. The van der Waals surface area contributed by atoms with Crippen LogP contribution in [0.3, 0.4) is 0 Å². The predicted molar refractivity (Wildman–Crippen MR) is 85.4 cm³/mol. The number of sulfonamides is 1. The van der Waals surface area contributed by atoms with Crippen LogP contribution in [0.1, 0.15) is 17.8 Å². The van der Waals surface area contributed by atoms with Gasteiger partial charge in [0.25, 0.3) is 10.0 Å². The van der Waals surface area contributed by atoms with Gasteiger partial charge in [0.1, 0.15) is 4.90 Å². The number of nitrogens with zero attached hydrogens (tertiary/aromatic N) is 2. The van der Waals surface area contributed by atoms with Crippen molar-refractivity contribution in [1.29, 1.82) is 0 Å². The van der Waals surface area contributed by atoms with Crippen LogP contribution in [0.5, 0.6) is 0 Å². The minimum Gasteiger partial charge on any atom is -0.320 e. The van der Waals surface area contributed by atoms with Gasteiger partial charge in [-0.3, -0.25) is 9.40 Å². The van der Waals surface area contributed by atoms with Gasteiger partial charge in [-0.15, -0.1) is 0 Å². The summed E-state index contributed by atoms with van der Waals surface area (Å²) in [5.41, 5.74) is 1.78. The summed E-state index contributed by atoms with van der Waals surface area (Å²) in [6.07, 6.45) is 0.899. The maximum atomic E-state index is 12.5. The standard InChI is InChI=1S/C13H20N4O2S2/c1-10-13(11(2)17(15-10)7-4-6-14-3)21(18,19)16-12-5-8-20-9-12/h5,8-9,14,16H,4,6-7H2,1-3H3. The fourth-order valence-electron chi connectivity index (χ4n) is 2.22. The molecule has 0 fully saturated rings. The zero-order valence-electron chi connectivity index (χ0n) is 12.4. The molecule has 0 aliphatic rings. The van der Waals surface area contributed by atoms with E-state index in [2.05, 4.69) is 15.1 Å². The van der Waals surface area contributed by atoms with Crippen LogP contribution < -0.4 is 10.0 Å². The first-order valence-corrected chi connectivity index (χ1v) is 9.12. The van der Waals surface area contributed by atoms with Gasteiger partial charge < -0.3 is 5.32 Å². The van der Waals surface area contributed by atoms with Crippen molar-refractivity contribution in [2.24, 2.45) is 0 Å². The Kier molecular flexibility index (Phi) is 5.02. The van der Waals surface area contributed by atoms with Crippen molar-refractivity contribution >= 4 is 27.0 Å². The van der Waals surface area contributed by atoms with Gasteiger partial charge in [-0.2, -0.15) is 16.4 Å². The second kappa shape index (κ2) is 6.59. The zero-order valence-corrected chi connectivity index (χ0v) is 14.0. The summed E-state index contributed by atoms with van der Waals surface area (Å²) in [5, 5.41) is 11.0. The molecule has 116 valence electrons. The first kappa shape index (κ1) is 16.0. The van der Waals surface area contributed by atoms with Gasteiger partial charge in [0.05, 0.1) is 17.1 Å². The number of anilines is 1. The van der Waals surface area contributed by atoms with Crippen LogP contribution in [0.15, 0.2) is 21.7 Å².